The zero-order valence-electron chi connectivity index (χ0n) is 13.7. The first kappa shape index (κ1) is 15.3. The minimum absolute atomic E-state index is 0.704. The van der Waals surface area contributed by atoms with E-state index in [2.05, 4.69) is 33.6 Å². The summed E-state index contributed by atoms with van der Waals surface area (Å²) >= 11 is 0. The second-order valence-corrected chi connectivity index (χ2v) is 6.15. The average Bonchev–Trinajstić information content (AvgIpc) is 2.85. The Hall–Kier alpha value is -1.62. The Morgan fingerprint density at radius 2 is 2.05 bits per heavy atom. The highest BCUT2D eigenvalue weighted by Crippen LogP contribution is 2.21. The van der Waals surface area contributed by atoms with Crippen molar-refractivity contribution in [1.29, 1.82) is 0 Å². The molecule has 3 rings (SSSR count). The highest BCUT2D eigenvalue weighted by molar-refractivity contribution is 5.69. The molecule has 0 amide bonds. The van der Waals surface area contributed by atoms with Crippen LogP contribution in [0.15, 0.2) is 22.7 Å². The van der Waals surface area contributed by atoms with Crippen molar-refractivity contribution in [3.05, 3.63) is 18.3 Å². The number of rotatable bonds is 5. The number of nitrogens with zero attached hydrogens (tertiary/aromatic N) is 4. The predicted molar refractivity (Wildman–Crippen MR) is 89.1 cm³/mol. The molecule has 3 heterocycles. The van der Waals surface area contributed by atoms with Gasteiger partial charge in [0.25, 0.3) is 6.01 Å². The van der Waals surface area contributed by atoms with Crippen LogP contribution in [0.3, 0.4) is 0 Å². The van der Waals surface area contributed by atoms with Crippen LogP contribution in [0.2, 0.25) is 0 Å². The zero-order valence-corrected chi connectivity index (χ0v) is 13.7. The van der Waals surface area contributed by atoms with Gasteiger partial charge in [0, 0.05) is 32.4 Å². The van der Waals surface area contributed by atoms with Crippen LogP contribution < -0.4 is 4.90 Å². The predicted octanol–water partition coefficient (Wildman–Crippen LogP) is 3.17. The Balaban J connectivity index is 1.64. The molecule has 5 nitrogen and oxygen atoms in total. The first-order valence-electron chi connectivity index (χ1n) is 8.49. The molecule has 0 unspecified atom stereocenters. The van der Waals surface area contributed by atoms with Gasteiger partial charge >= 0.3 is 0 Å². The second kappa shape index (κ2) is 7.09. The maximum Gasteiger partial charge on any atom is 0.299 e. The zero-order chi connectivity index (χ0) is 15.4. The summed E-state index contributed by atoms with van der Waals surface area (Å²) in [4.78, 5) is 13.6. The van der Waals surface area contributed by atoms with Crippen molar-refractivity contribution >= 4 is 17.2 Å². The van der Waals surface area contributed by atoms with Crippen LogP contribution in [0.5, 0.6) is 0 Å². The summed E-state index contributed by atoms with van der Waals surface area (Å²) in [6.45, 7) is 10.1. The molecule has 0 bridgehead atoms. The summed E-state index contributed by atoms with van der Waals surface area (Å²) in [6, 6.07) is 4.53. The quantitative estimate of drug-likeness (QED) is 0.849. The number of oxazole rings is 1. The molecule has 120 valence electrons. The molecule has 0 saturated carbocycles. The number of hydrogen-bond acceptors (Lipinski definition) is 5. The van der Waals surface area contributed by atoms with Gasteiger partial charge in [0.15, 0.2) is 5.58 Å². The molecule has 5 heteroatoms. The average molecular weight is 302 g/mol. The largest absolute Gasteiger partial charge is 0.422 e. The number of hydrogen-bond donors (Lipinski definition) is 0. The minimum atomic E-state index is 0.704. The highest BCUT2D eigenvalue weighted by Gasteiger charge is 2.20. The maximum atomic E-state index is 5.86. The monoisotopic (exact) mass is 302 g/mol. The lowest BCUT2D eigenvalue weighted by Crippen LogP contribution is -2.33. The molecule has 0 aliphatic carbocycles. The molecule has 22 heavy (non-hydrogen) atoms. The molecule has 1 aliphatic heterocycles. The molecule has 0 radical (unpaired) electrons. The van der Waals surface area contributed by atoms with E-state index < -0.39 is 0 Å². The van der Waals surface area contributed by atoms with E-state index in [4.69, 9.17) is 4.42 Å². The highest BCUT2D eigenvalue weighted by atomic mass is 16.4. The molecule has 0 spiro atoms. The minimum Gasteiger partial charge on any atom is -0.422 e. The summed E-state index contributed by atoms with van der Waals surface area (Å²) in [6.07, 6.45) is 5.46. The van der Waals surface area contributed by atoms with Crippen LogP contribution in [0, 0.1) is 5.92 Å². The van der Waals surface area contributed by atoms with E-state index >= 15 is 0 Å². The van der Waals surface area contributed by atoms with Crippen molar-refractivity contribution in [2.45, 2.75) is 33.1 Å². The van der Waals surface area contributed by atoms with Gasteiger partial charge in [-0.05, 0) is 31.0 Å². The Kier molecular flexibility index (Phi) is 4.93. The smallest absolute Gasteiger partial charge is 0.299 e. The lowest BCUT2D eigenvalue weighted by Gasteiger charge is -2.25. The third-order valence-corrected chi connectivity index (χ3v) is 4.68. The molecule has 1 saturated heterocycles. The van der Waals surface area contributed by atoms with Crippen LogP contribution >= 0.6 is 0 Å². The Morgan fingerprint density at radius 1 is 1.18 bits per heavy atom. The topological polar surface area (TPSA) is 45.4 Å². The van der Waals surface area contributed by atoms with E-state index in [1.54, 1.807) is 6.20 Å². The number of fused-ring (bicyclic) bond motifs is 1. The van der Waals surface area contributed by atoms with Crippen molar-refractivity contribution in [2.24, 2.45) is 5.92 Å². The maximum absolute atomic E-state index is 5.86. The van der Waals surface area contributed by atoms with Gasteiger partial charge in [-0.25, -0.2) is 4.98 Å². The second-order valence-electron chi connectivity index (χ2n) is 6.15. The van der Waals surface area contributed by atoms with Gasteiger partial charge in [-0.3, -0.25) is 0 Å². The van der Waals surface area contributed by atoms with Crippen LogP contribution in [0.25, 0.3) is 11.2 Å². The van der Waals surface area contributed by atoms with Crippen LogP contribution in [-0.4, -0.2) is 47.6 Å². The van der Waals surface area contributed by atoms with Gasteiger partial charge in [-0.1, -0.05) is 26.7 Å². The van der Waals surface area contributed by atoms with E-state index in [1.807, 2.05) is 12.1 Å². The first-order valence-corrected chi connectivity index (χ1v) is 8.49. The van der Waals surface area contributed by atoms with E-state index in [0.717, 1.165) is 43.6 Å². The number of aromatic nitrogens is 2. The van der Waals surface area contributed by atoms with E-state index in [0.29, 0.717) is 5.65 Å². The Morgan fingerprint density at radius 3 is 2.82 bits per heavy atom. The van der Waals surface area contributed by atoms with Crippen molar-refractivity contribution in [2.75, 3.05) is 37.6 Å². The number of pyridine rings is 1. The van der Waals surface area contributed by atoms with E-state index in [-0.39, 0.29) is 0 Å². The van der Waals surface area contributed by atoms with Crippen LogP contribution in [0.1, 0.15) is 33.1 Å². The lowest BCUT2D eigenvalue weighted by molar-refractivity contribution is 0.237. The molecule has 1 aliphatic rings. The van der Waals surface area contributed by atoms with Gasteiger partial charge in [0.2, 0.25) is 5.65 Å². The van der Waals surface area contributed by atoms with Crippen molar-refractivity contribution in [3.63, 3.8) is 0 Å². The Bertz CT molecular complexity index is 560. The summed E-state index contributed by atoms with van der Waals surface area (Å²) in [5.74, 6) is 0.820. The summed E-state index contributed by atoms with van der Waals surface area (Å²) in [5, 5.41) is 0. The number of anilines is 1. The third kappa shape index (κ3) is 3.40. The molecule has 0 atom stereocenters. The standard InChI is InChI=1S/C17H26N4O/c1-3-14(4-2)13-20-9-6-10-21(12-11-20)17-19-16-15(22-17)7-5-8-18-16/h5,7-8,14H,3-4,6,9-13H2,1-2H3. The van der Waals surface area contributed by atoms with Crippen molar-refractivity contribution < 1.29 is 4.42 Å². The summed E-state index contributed by atoms with van der Waals surface area (Å²) < 4.78 is 5.86. The first-order chi connectivity index (χ1) is 10.8. The third-order valence-electron chi connectivity index (χ3n) is 4.68. The van der Waals surface area contributed by atoms with E-state index in [9.17, 15) is 0 Å². The van der Waals surface area contributed by atoms with Gasteiger partial charge in [0.05, 0.1) is 0 Å². The van der Waals surface area contributed by atoms with Crippen molar-refractivity contribution in [1.82, 2.24) is 14.9 Å². The van der Waals surface area contributed by atoms with Gasteiger partial charge in [-0.15, -0.1) is 0 Å². The normalized spacial score (nSPS) is 17.3. The van der Waals surface area contributed by atoms with Gasteiger partial charge in [-0.2, -0.15) is 4.98 Å². The fourth-order valence-corrected chi connectivity index (χ4v) is 3.15. The van der Waals surface area contributed by atoms with E-state index in [1.165, 1.54) is 25.9 Å². The van der Waals surface area contributed by atoms with Gasteiger partial charge in [0.1, 0.15) is 0 Å². The lowest BCUT2D eigenvalue weighted by atomic mass is 10.0. The molecular formula is C17H26N4O. The molecule has 0 aromatic carbocycles. The molecule has 1 fully saturated rings. The van der Waals surface area contributed by atoms with Gasteiger partial charge < -0.3 is 14.2 Å². The molecule has 2 aromatic rings. The van der Waals surface area contributed by atoms with Crippen LogP contribution in [0.4, 0.5) is 6.01 Å². The van der Waals surface area contributed by atoms with Crippen molar-refractivity contribution in [3.8, 4) is 0 Å². The molecule has 2 aromatic heterocycles. The fourth-order valence-electron chi connectivity index (χ4n) is 3.15. The fraction of sp³-hybridized carbons (Fsp3) is 0.647. The molecule has 0 N–H and O–H groups in total. The Labute approximate surface area is 132 Å². The molecular weight excluding hydrogens is 276 g/mol. The summed E-state index contributed by atoms with van der Waals surface area (Å²) in [7, 11) is 0. The van der Waals surface area contributed by atoms with Crippen LogP contribution in [-0.2, 0) is 0 Å². The summed E-state index contributed by atoms with van der Waals surface area (Å²) in [5.41, 5.74) is 1.48. The SMILES string of the molecule is CCC(CC)CN1CCCN(c2nc3ncccc3o2)CC1.